The van der Waals surface area contributed by atoms with E-state index in [1.54, 1.807) is 13.2 Å². The van der Waals surface area contributed by atoms with E-state index in [1.807, 2.05) is 6.07 Å². The highest BCUT2D eigenvalue weighted by Gasteiger charge is 2.42. The Bertz CT molecular complexity index is 474. The van der Waals surface area contributed by atoms with E-state index in [0.717, 1.165) is 24.8 Å². The van der Waals surface area contributed by atoms with Gasteiger partial charge in [-0.1, -0.05) is 23.2 Å². The number of benzene rings is 1. The predicted octanol–water partition coefficient (Wildman–Crippen LogP) is 3.66. The second-order valence-corrected chi connectivity index (χ2v) is 5.40. The molecule has 0 heterocycles. The molecule has 0 radical (unpaired) electrons. The molecular formula is C13H14Cl2O3. The number of hydrogen-bond acceptors (Lipinski definition) is 2. The van der Waals surface area contributed by atoms with Gasteiger partial charge in [-0.25, -0.2) is 0 Å². The van der Waals surface area contributed by atoms with Gasteiger partial charge in [-0.3, -0.25) is 4.79 Å². The predicted molar refractivity (Wildman–Crippen MR) is 70.6 cm³/mol. The van der Waals surface area contributed by atoms with Crippen molar-refractivity contribution in [3.05, 3.63) is 27.7 Å². The normalized spacial score (nSPS) is 21.7. The highest BCUT2D eigenvalue weighted by Crippen LogP contribution is 2.43. The van der Waals surface area contributed by atoms with E-state index >= 15 is 0 Å². The Morgan fingerprint density at radius 2 is 2.22 bits per heavy atom. The molecule has 0 aliphatic heterocycles. The van der Waals surface area contributed by atoms with Gasteiger partial charge in [0.25, 0.3) is 0 Å². The quantitative estimate of drug-likeness (QED) is 0.899. The second kappa shape index (κ2) is 5.37. The van der Waals surface area contributed by atoms with E-state index in [-0.39, 0.29) is 11.8 Å². The lowest BCUT2D eigenvalue weighted by atomic mass is 10.1. The zero-order chi connectivity index (χ0) is 13.3. The molecule has 0 amide bonds. The molecule has 1 N–H and O–H groups in total. The lowest BCUT2D eigenvalue weighted by Gasteiger charge is -2.10. The summed E-state index contributed by atoms with van der Waals surface area (Å²) in [7, 11) is 1.57. The first kappa shape index (κ1) is 13.5. The Kier molecular flexibility index (Phi) is 4.03. The first-order valence-electron chi connectivity index (χ1n) is 5.77. The maximum absolute atomic E-state index is 10.7. The van der Waals surface area contributed by atoms with Crippen LogP contribution in [0.1, 0.15) is 18.4 Å². The van der Waals surface area contributed by atoms with Crippen LogP contribution in [0.3, 0.4) is 0 Å². The second-order valence-electron chi connectivity index (χ2n) is 4.56. The summed E-state index contributed by atoms with van der Waals surface area (Å²) >= 11 is 12.0. The molecule has 0 spiro atoms. The van der Waals surface area contributed by atoms with Crippen LogP contribution in [0.2, 0.25) is 10.0 Å². The van der Waals surface area contributed by atoms with Crippen molar-refractivity contribution in [2.24, 2.45) is 11.8 Å². The average Bonchev–Trinajstić information content (AvgIpc) is 3.05. The molecule has 1 fully saturated rings. The van der Waals surface area contributed by atoms with Gasteiger partial charge in [0.15, 0.2) is 0 Å². The molecule has 1 saturated carbocycles. The van der Waals surface area contributed by atoms with Crippen molar-refractivity contribution in [2.75, 3.05) is 7.11 Å². The summed E-state index contributed by atoms with van der Waals surface area (Å²) in [6, 6.07) is 3.47. The lowest BCUT2D eigenvalue weighted by molar-refractivity contribution is -0.138. The maximum atomic E-state index is 10.7. The van der Waals surface area contributed by atoms with Crippen molar-refractivity contribution in [2.45, 2.75) is 19.3 Å². The standard InChI is InChI=1S/C13H14Cl2O3/c1-18-12-8(4-9(14)6-11(12)15)3-2-7-5-10(7)13(16)17/h4,6-7,10H,2-3,5H2,1H3,(H,16,17). The van der Waals surface area contributed by atoms with E-state index < -0.39 is 5.97 Å². The van der Waals surface area contributed by atoms with Crippen molar-refractivity contribution >= 4 is 29.2 Å². The molecular weight excluding hydrogens is 275 g/mol. The molecule has 0 bridgehead atoms. The van der Waals surface area contributed by atoms with Crippen LogP contribution >= 0.6 is 23.2 Å². The molecule has 0 saturated heterocycles. The summed E-state index contributed by atoms with van der Waals surface area (Å²) in [6.07, 6.45) is 2.33. The van der Waals surface area contributed by atoms with Crippen LogP contribution in [0.25, 0.3) is 0 Å². The van der Waals surface area contributed by atoms with Gasteiger partial charge in [0.05, 0.1) is 18.1 Å². The first-order chi connectivity index (χ1) is 8.52. The van der Waals surface area contributed by atoms with Crippen LogP contribution in [-0.4, -0.2) is 18.2 Å². The third-order valence-electron chi connectivity index (χ3n) is 3.31. The Balaban J connectivity index is 2.03. The molecule has 98 valence electrons. The fourth-order valence-electron chi connectivity index (χ4n) is 2.24. The van der Waals surface area contributed by atoms with Crippen LogP contribution < -0.4 is 4.74 Å². The zero-order valence-corrected chi connectivity index (χ0v) is 11.5. The number of rotatable bonds is 5. The first-order valence-corrected chi connectivity index (χ1v) is 6.53. The van der Waals surface area contributed by atoms with Crippen molar-refractivity contribution in [3.63, 3.8) is 0 Å². The summed E-state index contributed by atoms with van der Waals surface area (Å²) in [4.78, 5) is 10.7. The number of halogens is 2. The van der Waals surface area contributed by atoms with Crippen LogP contribution in [0.5, 0.6) is 5.75 Å². The van der Waals surface area contributed by atoms with E-state index in [1.165, 1.54) is 0 Å². The fraction of sp³-hybridized carbons (Fsp3) is 0.462. The van der Waals surface area contributed by atoms with E-state index in [4.69, 9.17) is 33.0 Å². The maximum Gasteiger partial charge on any atom is 0.306 e. The Morgan fingerprint density at radius 1 is 1.50 bits per heavy atom. The van der Waals surface area contributed by atoms with Gasteiger partial charge in [0, 0.05) is 5.02 Å². The molecule has 0 aromatic heterocycles. The molecule has 18 heavy (non-hydrogen) atoms. The number of methoxy groups -OCH3 is 1. The highest BCUT2D eigenvalue weighted by molar-refractivity contribution is 6.35. The summed E-state index contributed by atoms with van der Waals surface area (Å²) in [5.41, 5.74) is 0.936. The molecule has 2 atom stereocenters. The molecule has 1 aromatic carbocycles. The van der Waals surface area contributed by atoms with Crippen molar-refractivity contribution in [1.29, 1.82) is 0 Å². The number of carboxylic acids is 1. The summed E-state index contributed by atoms with van der Waals surface area (Å²) in [6.45, 7) is 0. The third-order valence-corrected chi connectivity index (χ3v) is 3.81. The minimum absolute atomic E-state index is 0.175. The van der Waals surface area contributed by atoms with Gasteiger partial charge in [0.1, 0.15) is 5.75 Å². The molecule has 2 rings (SSSR count). The van der Waals surface area contributed by atoms with Crippen LogP contribution in [0.15, 0.2) is 12.1 Å². The monoisotopic (exact) mass is 288 g/mol. The van der Waals surface area contributed by atoms with Crippen molar-refractivity contribution in [3.8, 4) is 5.75 Å². The summed E-state index contributed by atoms with van der Waals surface area (Å²) < 4.78 is 5.25. The minimum Gasteiger partial charge on any atom is -0.495 e. The van der Waals surface area contributed by atoms with E-state index in [2.05, 4.69) is 0 Å². The van der Waals surface area contributed by atoms with Gasteiger partial charge in [0.2, 0.25) is 0 Å². The zero-order valence-electron chi connectivity index (χ0n) is 9.95. The summed E-state index contributed by atoms with van der Waals surface area (Å²) in [5.74, 6) is 0.0281. The highest BCUT2D eigenvalue weighted by atomic mass is 35.5. The number of carbonyl (C=O) groups is 1. The van der Waals surface area contributed by atoms with Crippen LogP contribution in [0, 0.1) is 11.8 Å². The smallest absolute Gasteiger partial charge is 0.306 e. The Morgan fingerprint density at radius 3 is 2.78 bits per heavy atom. The number of aryl methyl sites for hydroxylation is 1. The SMILES string of the molecule is COc1c(Cl)cc(Cl)cc1CCC1CC1C(=O)O. The molecule has 1 aliphatic carbocycles. The van der Waals surface area contributed by atoms with Gasteiger partial charge < -0.3 is 9.84 Å². The lowest BCUT2D eigenvalue weighted by Crippen LogP contribution is -2.01. The molecule has 3 nitrogen and oxygen atoms in total. The van der Waals surface area contributed by atoms with E-state index in [0.29, 0.717) is 15.8 Å². The molecule has 5 heteroatoms. The molecule has 1 aromatic rings. The Hall–Kier alpha value is -0.930. The average molecular weight is 289 g/mol. The summed E-state index contributed by atoms with van der Waals surface area (Å²) in [5, 5.41) is 9.90. The molecule has 1 aliphatic rings. The van der Waals surface area contributed by atoms with Crippen LogP contribution in [0.4, 0.5) is 0 Å². The number of ether oxygens (including phenoxy) is 1. The number of hydrogen-bond donors (Lipinski definition) is 1. The largest absolute Gasteiger partial charge is 0.495 e. The van der Waals surface area contributed by atoms with Gasteiger partial charge in [-0.05, 0) is 42.9 Å². The van der Waals surface area contributed by atoms with Crippen LogP contribution in [-0.2, 0) is 11.2 Å². The third kappa shape index (κ3) is 2.90. The van der Waals surface area contributed by atoms with Crippen molar-refractivity contribution < 1.29 is 14.6 Å². The van der Waals surface area contributed by atoms with Gasteiger partial charge in [-0.2, -0.15) is 0 Å². The van der Waals surface area contributed by atoms with Gasteiger partial charge >= 0.3 is 5.97 Å². The minimum atomic E-state index is -0.698. The van der Waals surface area contributed by atoms with Gasteiger partial charge in [-0.15, -0.1) is 0 Å². The number of carboxylic acid groups (broad SMARTS) is 1. The fourth-order valence-corrected chi connectivity index (χ4v) is 2.85. The Labute approximate surface area is 116 Å². The topological polar surface area (TPSA) is 46.5 Å². The molecule has 2 unspecified atom stereocenters. The van der Waals surface area contributed by atoms with Crippen molar-refractivity contribution in [1.82, 2.24) is 0 Å². The van der Waals surface area contributed by atoms with E-state index in [9.17, 15) is 4.79 Å². The number of aliphatic carboxylic acids is 1.